The fourth-order valence-corrected chi connectivity index (χ4v) is 3.21. The molecule has 0 amide bonds. The molecule has 1 aliphatic carbocycles. The van der Waals surface area contributed by atoms with Crippen molar-refractivity contribution >= 4 is 11.3 Å². The molecule has 2 rings (SSSR count). The minimum atomic E-state index is 0.455. The third-order valence-electron chi connectivity index (χ3n) is 3.19. The quantitative estimate of drug-likeness (QED) is 0.765. The van der Waals surface area contributed by atoms with Gasteiger partial charge in [-0.25, -0.2) is 0 Å². The smallest absolute Gasteiger partial charge is 0.0544 e. The topological polar surface area (TPSA) is 12.0 Å². The van der Waals surface area contributed by atoms with Crippen LogP contribution >= 0.6 is 11.3 Å². The van der Waals surface area contributed by atoms with Gasteiger partial charge in [0.2, 0.25) is 0 Å². The second-order valence-corrected chi connectivity index (χ2v) is 5.00. The number of aryl methyl sites for hydroxylation is 1. The summed E-state index contributed by atoms with van der Waals surface area (Å²) >= 11 is 1.81. The lowest BCUT2D eigenvalue weighted by molar-refractivity contribution is 0.592. The molecule has 82 valence electrons. The van der Waals surface area contributed by atoms with Crippen LogP contribution in [0.1, 0.15) is 42.9 Å². The van der Waals surface area contributed by atoms with Gasteiger partial charge in [0.1, 0.15) is 0 Å². The zero-order chi connectivity index (χ0) is 10.7. The molecule has 0 spiro atoms. The van der Waals surface area contributed by atoms with Crippen molar-refractivity contribution in [1.29, 1.82) is 0 Å². The van der Waals surface area contributed by atoms with Crippen LogP contribution in [0.2, 0.25) is 0 Å². The van der Waals surface area contributed by atoms with E-state index >= 15 is 0 Å². The van der Waals surface area contributed by atoms with Crippen LogP contribution in [-0.2, 0) is 0 Å². The highest BCUT2D eigenvalue weighted by Gasteiger charge is 2.18. The third kappa shape index (κ3) is 2.32. The zero-order valence-corrected chi connectivity index (χ0v) is 10.4. The summed E-state index contributed by atoms with van der Waals surface area (Å²) in [6, 6.07) is 0.455. The maximum Gasteiger partial charge on any atom is 0.0544 e. The Bertz CT molecular complexity index is 351. The molecule has 1 aromatic heterocycles. The van der Waals surface area contributed by atoms with E-state index in [2.05, 4.69) is 36.1 Å². The lowest BCUT2D eigenvalue weighted by atomic mass is 9.90. The minimum absolute atomic E-state index is 0.455. The van der Waals surface area contributed by atoms with Crippen LogP contribution in [0.15, 0.2) is 22.4 Å². The molecule has 2 heteroatoms. The number of hydrogen-bond donors (Lipinski definition) is 1. The standard InChI is InChI=1S/C13H19NS/c1-10-8-15-9-12(10)13(14-2)11-6-4-3-5-7-11/h6,8-9,13-14H,3-5,7H2,1-2H3. The van der Waals surface area contributed by atoms with Crippen molar-refractivity contribution < 1.29 is 0 Å². The molecule has 1 nitrogen and oxygen atoms in total. The van der Waals surface area contributed by atoms with Gasteiger partial charge in [-0.1, -0.05) is 11.6 Å². The molecule has 1 unspecified atom stereocenters. The fourth-order valence-electron chi connectivity index (χ4n) is 2.33. The van der Waals surface area contributed by atoms with Gasteiger partial charge in [0.15, 0.2) is 0 Å². The number of thiophene rings is 1. The molecule has 15 heavy (non-hydrogen) atoms. The second-order valence-electron chi connectivity index (χ2n) is 4.26. The summed E-state index contributed by atoms with van der Waals surface area (Å²) in [5.41, 5.74) is 4.48. The van der Waals surface area contributed by atoms with Crippen molar-refractivity contribution in [1.82, 2.24) is 5.32 Å². The number of allylic oxidation sites excluding steroid dienone is 1. The molecule has 1 aromatic rings. The van der Waals surface area contributed by atoms with E-state index in [0.717, 1.165) is 0 Å². The average molecular weight is 221 g/mol. The van der Waals surface area contributed by atoms with E-state index in [-0.39, 0.29) is 0 Å². The number of likely N-dealkylation sites (N-methyl/N-ethyl adjacent to an activating group) is 1. The van der Waals surface area contributed by atoms with Crippen molar-refractivity contribution in [3.8, 4) is 0 Å². The highest BCUT2D eigenvalue weighted by Crippen LogP contribution is 2.32. The van der Waals surface area contributed by atoms with Crippen LogP contribution < -0.4 is 5.32 Å². The molecular formula is C13H19NS. The average Bonchev–Trinajstić information content (AvgIpc) is 2.68. The molecule has 0 aromatic carbocycles. The highest BCUT2D eigenvalue weighted by atomic mass is 32.1. The summed E-state index contributed by atoms with van der Waals surface area (Å²) in [5, 5.41) is 7.98. The third-order valence-corrected chi connectivity index (χ3v) is 4.07. The maximum absolute atomic E-state index is 3.45. The largest absolute Gasteiger partial charge is 0.310 e. The summed E-state index contributed by atoms with van der Waals surface area (Å²) in [4.78, 5) is 0. The predicted octanol–water partition coefficient (Wildman–Crippen LogP) is 3.82. The van der Waals surface area contributed by atoms with E-state index in [0.29, 0.717) is 6.04 Å². The maximum atomic E-state index is 3.45. The Morgan fingerprint density at radius 2 is 2.20 bits per heavy atom. The Morgan fingerprint density at radius 3 is 2.73 bits per heavy atom. The molecule has 1 atom stereocenters. The van der Waals surface area contributed by atoms with Crippen LogP contribution in [0.4, 0.5) is 0 Å². The Hall–Kier alpha value is -0.600. The fraction of sp³-hybridized carbons (Fsp3) is 0.538. The monoisotopic (exact) mass is 221 g/mol. The molecule has 0 aliphatic heterocycles. The lowest BCUT2D eigenvalue weighted by Crippen LogP contribution is -2.20. The molecule has 0 fully saturated rings. The number of rotatable bonds is 3. The van der Waals surface area contributed by atoms with Crippen LogP contribution in [0.5, 0.6) is 0 Å². The Kier molecular flexibility index (Phi) is 3.60. The Balaban J connectivity index is 2.24. The molecule has 0 bridgehead atoms. The molecule has 1 aliphatic rings. The van der Waals surface area contributed by atoms with Crippen LogP contribution in [0.25, 0.3) is 0 Å². The summed E-state index contributed by atoms with van der Waals surface area (Å²) in [6.45, 7) is 2.21. The van der Waals surface area contributed by atoms with Crippen molar-refractivity contribution in [2.24, 2.45) is 0 Å². The van der Waals surface area contributed by atoms with Crippen molar-refractivity contribution in [2.75, 3.05) is 7.05 Å². The van der Waals surface area contributed by atoms with Gasteiger partial charge in [0, 0.05) is 0 Å². The minimum Gasteiger partial charge on any atom is -0.310 e. The van der Waals surface area contributed by atoms with Gasteiger partial charge in [0.05, 0.1) is 6.04 Å². The van der Waals surface area contributed by atoms with Crippen molar-refractivity contribution in [2.45, 2.75) is 38.6 Å². The first-order valence-corrected chi connectivity index (χ1v) is 6.66. The first-order valence-electron chi connectivity index (χ1n) is 5.72. The summed E-state index contributed by atoms with van der Waals surface area (Å²) in [7, 11) is 2.07. The van der Waals surface area contributed by atoms with Crippen LogP contribution in [-0.4, -0.2) is 7.05 Å². The van der Waals surface area contributed by atoms with Gasteiger partial charge < -0.3 is 5.32 Å². The summed E-state index contributed by atoms with van der Waals surface area (Å²) in [6.07, 6.45) is 7.68. The lowest BCUT2D eigenvalue weighted by Gasteiger charge is -2.23. The van der Waals surface area contributed by atoms with Gasteiger partial charge in [-0.2, -0.15) is 11.3 Å². The summed E-state index contributed by atoms with van der Waals surface area (Å²) in [5.74, 6) is 0. The molecular weight excluding hydrogens is 202 g/mol. The first-order chi connectivity index (χ1) is 7.33. The normalized spacial score (nSPS) is 18.7. The molecule has 0 saturated carbocycles. The predicted molar refractivity (Wildman–Crippen MR) is 67.4 cm³/mol. The van der Waals surface area contributed by atoms with Gasteiger partial charge in [0.25, 0.3) is 0 Å². The van der Waals surface area contributed by atoms with Gasteiger partial charge in [-0.05, 0) is 61.5 Å². The zero-order valence-electron chi connectivity index (χ0n) is 9.55. The van der Waals surface area contributed by atoms with E-state index in [1.807, 2.05) is 0 Å². The van der Waals surface area contributed by atoms with E-state index in [1.165, 1.54) is 36.8 Å². The van der Waals surface area contributed by atoms with E-state index < -0.39 is 0 Å². The molecule has 0 saturated heterocycles. The molecule has 0 radical (unpaired) electrons. The van der Waals surface area contributed by atoms with Crippen molar-refractivity contribution in [3.05, 3.63) is 33.5 Å². The highest BCUT2D eigenvalue weighted by molar-refractivity contribution is 7.08. The number of nitrogens with one attached hydrogen (secondary N) is 1. The van der Waals surface area contributed by atoms with E-state index in [1.54, 1.807) is 16.9 Å². The van der Waals surface area contributed by atoms with Gasteiger partial charge >= 0.3 is 0 Å². The van der Waals surface area contributed by atoms with Crippen molar-refractivity contribution in [3.63, 3.8) is 0 Å². The summed E-state index contributed by atoms with van der Waals surface area (Å²) < 4.78 is 0. The SMILES string of the molecule is CNC(C1=CCCCC1)c1cscc1C. The van der Waals surface area contributed by atoms with E-state index in [4.69, 9.17) is 0 Å². The number of hydrogen-bond acceptors (Lipinski definition) is 2. The van der Waals surface area contributed by atoms with Gasteiger partial charge in [-0.15, -0.1) is 0 Å². The van der Waals surface area contributed by atoms with Gasteiger partial charge in [-0.3, -0.25) is 0 Å². The Labute approximate surface area is 96.2 Å². The first kappa shape index (κ1) is 10.9. The Morgan fingerprint density at radius 1 is 1.33 bits per heavy atom. The van der Waals surface area contributed by atoms with Crippen LogP contribution in [0, 0.1) is 6.92 Å². The van der Waals surface area contributed by atoms with E-state index in [9.17, 15) is 0 Å². The molecule has 1 N–H and O–H groups in total. The second kappa shape index (κ2) is 4.95. The van der Waals surface area contributed by atoms with Crippen LogP contribution in [0.3, 0.4) is 0 Å². The molecule has 1 heterocycles.